The molecule has 1 rings (SSSR count). The SMILES string of the molecule is C=C(CC)CCC1=C(C)NCCCC1. The summed E-state index contributed by atoms with van der Waals surface area (Å²) in [6.45, 7) is 9.63. The van der Waals surface area contributed by atoms with Crippen molar-refractivity contribution in [2.45, 2.75) is 52.4 Å². The third-order valence-corrected chi connectivity index (χ3v) is 3.11. The highest BCUT2D eigenvalue weighted by atomic mass is 14.9. The predicted molar refractivity (Wildman–Crippen MR) is 63.2 cm³/mol. The second-order valence-electron chi connectivity index (χ2n) is 4.22. The maximum Gasteiger partial charge on any atom is 0.0143 e. The van der Waals surface area contributed by atoms with Crippen LogP contribution in [0.15, 0.2) is 23.4 Å². The van der Waals surface area contributed by atoms with E-state index in [1.165, 1.54) is 43.4 Å². The monoisotopic (exact) mass is 193 g/mol. The first-order valence-corrected chi connectivity index (χ1v) is 5.83. The van der Waals surface area contributed by atoms with Crippen molar-refractivity contribution in [3.8, 4) is 0 Å². The Morgan fingerprint density at radius 3 is 2.93 bits per heavy atom. The van der Waals surface area contributed by atoms with Crippen LogP contribution in [0.1, 0.15) is 52.4 Å². The number of rotatable bonds is 4. The number of nitrogens with one attached hydrogen (secondary N) is 1. The average Bonchev–Trinajstić information content (AvgIpc) is 2.39. The lowest BCUT2D eigenvalue weighted by Gasteiger charge is -2.10. The molecule has 0 aromatic rings. The first kappa shape index (κ1) is 11.4. The van der Waals surface area contributed by atoms with E-state index in [2.05, 4.69) is 25.7 Å². The van der Waals surface area contributed by atoms with Gasteiger partial charge in [-0.3, -0.25) is 0 Å². The fourth-order valence-electron chi connectivity index (χ4n) is 1.87. The van der Waals surface area contributed by atoms with Gasteiger partial charge in [0.15, 0.2) is 0 Å². The highest BCUT2D eigenvalue weighted by Crippen LogP contribution is 2.22. The van der Waals surface area contributed by atoms with Gasteiger partial charge in [-0.25, -0.2) is 0 Å². The normalized spacial score (nSPS) is 17.6. The molecule has 0 bridgehead atoms. The Morgan fingerprint density at radius 1 is 1.43 bits per heavy atom. The molecule has 0 aromatic heterocycles. The van der Waals surface area contributed by atoms with Gasteiger partial charge in [0, 0.05) is 12.2 Å². The molecule has 80 valence electrons. The molecule has 0 saturated heterocycles. The Morgan fingerprint density at radius 2 is 2.21 bits per heavy atom. The van der Waals surface area contributed by atoms with Gasteiger partial charge in [0.05, 0.1) is 0 Å². The van der Waals surface area contributed by atoms with Gasteiger partial charge in [-0.2, -0.15) is 0 Å². The van der Waals surface area contributed by atoms with Crippen molar-refractivity contribution in [3.05, 3.63) is 23.4 Å². The molecule has 0 radical (unpaired) electrons. The molecule has 0 amide bonds. The molecule has 1 nitrogen and oxygen atoms in total. The molecule has 14 heavy (non-hydrogen) atoms. The lowest BCUT2D eigenvalue weighted by Crippen LogP contribution is -2.11. The van der Waals surface area contributed by atoms with Gasteiger partial charge in [0.2, 0.25) is 0 Å². The van der Waals surface area contributed by atoms with Gasteiger partial charge in [-0.15, -0.1) is 0 Å². The van der Waals surface area contributed by atoms with E-state index in [-0.39, 0.29) is 0 Å². The summed E-state index contributed by atoms with van der Waals surface area (Å²) in [6.07, 6.45) is 7.46. The van der Waals surface area contributed by atoms with Gasteiger partial charge in [-0.1, -0.05) is 24.6 Å². The van der Waals surface area contributed by atoms with Crippen LogP contribution >= 0.6 is 0 Å². The smallest absolute Gasteiger partial charge is 0.0143 e. The summed E-state index contributed by atoms with van der Waals surface area (Å²) in [4.78, 5) is 0. The minimum Gasteiger partial charge on any atom is -0.389 e. The van der Waals surface area contributed by atoms with Crippen LogP contribution in [0.5, 0.6) is 0 Å². The average molecular weight is 193 g/mol. The molecule has 0 saturated carbocycles. The molecule has 1 aliphatic heterocycles. The van der Waals surface area contributed by atoms with Gasteiger partial charge in [0.25, 0.3) is 0 Å². The quantitative estimate of drug-likeness (QED) is 0.670. The molecule has 1 aliphatic rings. The summed E-state index contributed by atoms with van der Waals surface area (Å²) < 4.78 is 0. The van der Waals surface area contributed by atoms with Crippen molar-refractivity contribution in [2.75, 3.05) is 6.54 Å². The highest BCUT2D eigenvalue weighted by molar-refractivity contribution is 5.13. The summed E-state index contributed by atoms with van der Waals surface area (Å²) in [5.41, 5.74) is 4.43. The molecule has 0 unspecified atom stereocenters. The van der Waals surface area contributed by atoms with Crippen LogP contribution in [-0.4, -0.2) is 6.54 Å². The summed E-state index contributed by atoms with van der Waals surface area (Å²) in [6, 6.07) is 0. The lowest BCUT2D eigenvalue weighted by molar-refractivity contribution is 0.710. The van der Waals surface area contributed by atoms with Gasteiger partial charge in [0.1, 0.15) is 0 Å². The van der Waals surface area contributed by atoms with Crippen molar-refractivity contribution < 1.29 is 0 Å². The van der Waals surface area contributed by atoms with Crippen LogP contribution in [0.4, 0.5) is 0 Å². The fraction of sp³-hybridized carbons (Fsp3) is 0.692. The molecule has 1 heterocycles. The second kappa shape index (κ2) is 5.90. The standard InChI is InChI=1S/C13H23N/c1-4-11(2)8-9-13-7-5-6-10-14-12(13)3/h14H,2,4-10H2,1,3H3. The Bertz CT molecular complexity index is 225. The van der Waals surface area contributed by atoms with E-state index < -0.39 is 0 Å². The van der Waals surface area contributed by atoms with Crippen LogP contribution in [0.2, 0.25) is 0 Å². The van der Waals surface area contributed by atoms with E-state index in [1.807, 2.05) is 0 Å². The van der Waals surface area contributed by atoms with E-state index in [0.717, 1.165) is 13.0 Å². The van der Waals surface area contributed by atoms with Crippen molar-refractivity contribution in [1.82, 2.24) is 5.32 Å². The Labute approximate surface area is 88.3 Å². The first-order valence-electron chi connectivity index (χ1n) is 5.83. The minimum atomic E-state index is 1.12. The molecule has 1 N–H and O–H groups in total. The summed E-state index contributed by atoms with van der Waals surface area (Å²) >= 11 is 0. The molecule has 0 spiro atoms. The van der Waals surface area contributed by atoms with E-state index in [9.17, 15) is 0 Å². The molecule has 0 aliphatic carbocycles. The molecule has 0 aromatic carbocycles. The predicted octanol–water partition coefficient (Wildman–Crippen LogP) is 3.78. The van der Waals surface area contributed by atoms with Gasteiger partial charge >= 0.3 is 0 Å². The third-order valence-electron chi connectivity index (χ3n) is 3.11. The minimum absolute atomic E-state index is 1.12. The summed E-state index contributed by atoms with van der Waals surface area (Å²) in [5.74, 6) is 0. The van der Waals surface area contributed by atoms with Crippen LogP contribution < -0.4 is 5.32 Å². The third kappa shape index (κ3) is 3.57. The lowest BCUT2D eigenvalue weighted by atomic mass is 9.99. The molecule has 0 fully saturated rings. The second-order valence-corrected chi connectivity index (χ2v) is 4.22. The maximum absolute atomic E-state index is 4.06. The topological polar surface area (TPSA) is 12.0 Å². The van der Waals surface area contributed by atoms with E-state index in [0.29, 0.717) is 0 Å². The van der Waals surface area contributed by atoms with Gasteiger partial charge < -0.3 is 5.32 Å². The molecule has 1 heteroatoms. The Hall–Kier alpha value is -0.720. The Balaban J connectivity index is 2.44. The number of hydrogen-bond donors (Lipinski definition) is 1. The zero-order chi connectivity index (χ0) is 10.4. The van der Waals surface area contributed by atoms with Crippen LogP contribution in [0.25, 0.3) is 0 Å². The van der Waals surface area contributed by atoms with Crippen molar-refractivity contribution in [2.24, 2.45) is 0 Å². The molecular weight excluding hydrogens is 170 g/mol. The molecule has 0 atom stereocenters. The van der Waals surface area contributed by atoms with E-state index in [4.69, 9.17) is 0 Å². The maximum atomic E-state index is 4.06. The Kier molecular flexibility index (Phi) is 4.78. The zero-order valence-electron chi connectivity index (χ0n) is 9.66. The van der Waals surface area contributed by atoms with Crippen LogP contribution in [0, 0.1) is 0 Å². The van der Waals surface area contributed by atoms with Crippen molar-refractivity contribution in [3.63, 3.8) is 0 Å². The molecular formula is C13H23N. The van der Waals surface area contributed by atoms with Gasteiger partial charge in [-0.05, 0) is 45.4 Å². The van der Waals surface area contributed by atoms with E-state index >= 15 is 0 Å². The van der Waals surface area contributed by atoms with Crippen LogP contribution in [0.3, 0.4) is 0 Å². The zero-order valence-corrected chi connectivity index (χ0v) is 9.66. The fourth-order valence-corrected chi connectivity index (χ4v) is 1.87. The number of hydrogen-bond acceptors (Lipinski definition) is 1. The van der Waals surface area contributed by atoms with E-state index in [1.54, 1.807) is 5.57 Å². The number of allylic oxidation sites excluding steroid dienone is 3. The highest BCUT2D eigenvalue weighted by Gasteiger charge is 2.07. The summed E-state index contributed by atoms with van der Waals surface area (Å²) in [5, 5.41) is 3.49. The van der Waals surface area contributed by atoms with Crippen molar-refractivity contribution >= 4 is 0 Å². The van der Waals surface area contributed by atoms with Crippen molar-refractivity contribution in [1.29, 1.82) is 0 Å². The summed E-state index contributed by atoms with van der Waals surface area (Å²) in [7, 11) is 0. The largest absolute Gasteiger partial charge is 0.389 e. The first-order chi connectivity index (χ1) is 6.74. The van der Waals surface area contributed by atoms with Crippen LogP contribution in [-0.2, 0) is 0 Å².